The SMILES string of the molecule is Cc1ccc(F)c2c(=O)n(-c3ccccc3)c(C(C)N)nc12. The van der Waals surface area contributed by atoms with E-state index in [1.165, 1.54) is 10.6 Å². The summed E-state index contributed by atoms with van der Waals surface area (Å²) in [7, 11) is 0. The number of benzene rings is 2. The molecule has 0 saturated heterocycles. The van der Waals surface area contributed by atoms with Crippen molar-refractivity contribution in [1.82, 2.24) is 9.55 Å². The van der Waals surface area contributed by atoms with E-state index in [9.17, 15) is 9.18 Å². The molecule has 0 amide bonds. The number of fused-ring (bicyclic) bond motifs is 1. The Balaban J connectivity index is 2.51. The van der Waals surface area contributed by atoms with Gasteiger partial charge in [-0.1, -0.05) is 24.3 Å². The molecule has 0 saturated carbocycles. The first-order valence-electron chi connectivity index (χ1n) is 7.03. The van der Waals surface area contributed by atoms with Crippen LogP contribution in [0, 0.1) is 12.7 Å². The first kappa shape index (κ1) is 14.4. The summed E-state index contributed by atoms with van der Waals surface area (Å²) in [5.74, 6) is -0.156. The van der Waals surface area contributed by atoms with Gasteiger partial charge >= 0.3 is 0 Å². The van der Waals surface area contributed by atoms with E-state index in [2.05, 4.69) is 4.98 Å². The zero-order valence-corrected chi connectivity index (χ0v) is 12.4. The number of hydrogen-bond acceptors (Lipinski definition) is 3. The zero-order chi connectivity index (χ0) is 15.9. The van der Waals surface area contributed by atoms with Crippen LogP contribution in [0.15, 0.2) is 47.3 Å². The highest BCUT2D eigenvalue weighted by molar-refractivity contribution is 5.81. The standard InChI is InChI=1S/C17H16FN3O/c1-10-8-9-13(18)14-15(10)20-16(11(2)19)21(17(14)22)12-6-4-3-5-7-12/h3-9,11H,19H2,1-2H3. The summed E-state index contributed by atoms with van der Waals surface area (Å²) in [5.41, 5.74) is 7.28. The fraction of sp³-hybridized carbons (Fsp3) is 0.176. The topological polar surface area (TPSA) is 60.9 Å². The quantitative estimate of drug-likeness (QED) is 0.791. The predicted molar refractivity (Wildman–Crippen MR) is 84.6 cm³/mol. The van der Waals surface area contributed by atoms with Crippen molar-refractivity contribution in [2.45, 2.75) is 19.9 Å². The largest absolute Gasteiger partial charge is 0.322 e. The third kappa shape index (κ3) is 2.19. The van der Waals surface area contributed by atoms with Gasteiger partial charge in [-0.05, 0) is 37.6 Å². The van der Waals surface area contributed by atoms with Gasteiger partial charge < -0.3 is 5.73 Å². The Morgan fingerprint density at radius 3 is 2.50 bits per heavy atom. The van der Waals surface area contributed by atoms with Gasteiger partial charge in [0.25, 0.3) is 5.56 Å². The van der Waals surface area contributed by atoms with Crippen LogP contribution in [0.25, 0.3) is 16.6 Å². The van der Waals surface area contributed by atoms with E-state index in [0.717, 1.165) is 5.56 Å². The lowest BCUT2D eigenvalue weighted by atomic mass is 10.1. The predicted octanol–water partition coefficient (Wildman–Crippen LogP) is 2.85. The highest BCUT2D eigenvalue weighted by Gasteiger charge is 2.18. The first-order chi connectivity index (χ1) is 10.5. The fourth-order valence-electron chi connectivity index (χ4n) is 2.53. The minimum absolute atomic E-state index is 0.00625. The second-order valence-corrected chi connectivity index (χ2v) is 5.32. The average molecular weight is 297 g/mol. The summed E-state index contributed by atoms with van der Waals surface area (Å²) in [6.07, 6.45) is 0. The van der Waals surface area contributed by atoms with Crippen molar-refractivity contribution in [3.8, 4) is 5.69 Å². The van der Waals surface area contributed by atoms with E-state index in [1.807, 2.05) is 18.2 Å². The smallest absolute Gasteiger partial charge is 0.269 e. The van der Waals surface area contributed by atoms with Gasteiger partial charge in [0.15, 0.2) is 0 Å². The van der Waals surface area contributed by atoms with Crippen LogP contribution in [0.3, 0.4) is 0 Å². The van der Waals surface area contributed by atoms with E-state index >= 15 is 0 Å². The first-order valence-corrected chi connectivity index (χ1v) is 7.03. The molecule has 5 heteroatoms. The van der Waals surface area contributed by atoms with E-state index < -0.39 is 17.4 Å². The summed E-state index contributed by atoms with van der Waals surface area (Å²) in [5, 5.41) is -0.00625. The van der Waals surface area contributed by atoms with E-state index in [4.69, 9.17) is 5.73 Å². The third-order valence-corrected chi connectivity index (χ3v) is 3.62. The van der Waals surface area contributed by atoms with Crippen LogP contribution in [0.1, 0.15) is 24.4 Å². The molecule has 1 atom stereocenters. The normalized spacial score (nSPS) is 12.5. The fourth-order valence-corrected chi connectivity index (χ4v) is 2.53. The van der Waals surface area contributed by atoms with Crippen molar-refractivity contribution in [3.05, 3.63) is 70.0 Å². The minimum atomic E-state index is -0.570. The molecule has 1 unspecified atom stereocenters. The Kier molecular flexibility index (Phi) is 3.50. The van der Waals surface area contributed by atoms with E-state index in [0.29, 0.717) is 17.0 Å². The van der Waals surface area contributed by atoms with Gasteiger partial charge in [0.05, 0.1) is 17.2 Å². The monoisotopic (exact) mass is 297 g/mol. The lowest BCUT2D eigenvalue weighted by Crippen LogP contribution is -2.28. The molecule has 0 aliphatic carbocycles. The second-order valence-electron chi connectivity index (χ2n) is 5.32. The van der Waals surface area contributed by atoms with Gasteiger partial charge in [0, 0.05) is 0 Å². The van der Waals surface area contributed by atoms with Crippen molar-refractivity contribution in [2.24, 2.45) is 5.73 Å². The maximum atomic E-state index is 14.2. The summed E-state index contributed by atoms with van der Waals surface area (Å²) in [6, 6.07) is 11.5. The third-order valence-electron chi connectivity index (χ3n) is 3.62. The van der Waals surface area contributed by atoms with Gasteiger partial charge in [-0.3, -0.25) is 9.36 Å². The van der Waals surface area contributed by atoms with Gasteiger partial charge in [-0.15, -0.1) is 0 Å². The minimum Gasteiger partial charge on any atom is -0.322 e. The Hall–Kier alpha value is -2.53. The zero-order valence-electron chi connectivity index (χ0n) is 12.4. The molecule has 0 aliphatic rings. The highest BCUT2D eigenvalue weighted by atomic mass is 19.1. The van der Waals surface area contributed by atoms with Crippen molar-refractivity contribution in [3.63, 3.8) is 0 Å². The number of aromatic nitrogens is 2. The number of nitrogens with zero attached hydrogens (tertiary/aromatic N) is 2. The maximum absolute atomic E-state index is 14.2. The van der Waals surface area contributed by atoms with Gasteiger partial charge in [0.1, 0.15) is 17.0 Å². The summed E-state index contributed by atoms with van der Waals surface area (Å²) < 4.78 is 15.6. The molecule has 0 radical (unpaired) electrons. The second kappa shape index (κ2) is 5.35. The van der Waals surface area contributed by atoms with Gasteiger partial charge in [0.2, 0.25) is 0 Å². The van der Waals surface area contributed by atoms with Crippen LogP contribution in [-0.2, 0) is 0 Å². The molecular weight excluding hydrogens is 281 g/mol. The Morgan fingerprint density at radius 1 is 1.18 bits per heavy atom. The molecule has 2 aromatic carbocycles. The molecule has 0 bridgehead atoms. The molecule has 0 aliphatic heterocycles. The highest BCUT2D eigenvalue weighted by Crippen LogP contribution is 2.21. The number of nitrogens with two attached hydrogens (primary N) is 1. The molecule has 3 rings (SSSR count). The van der Waals surface area contributed by atoms with E-state index in [-0.39, 0.29) is 5.39 Å². The number of para-hydroxylation sites is 1. The lowest BCUT2D eigenvalue weighted by Gasteiger charge is -2.16. The molecule has 3 aromatic rings. The summed E-state index contributed by atoms with van der Waals surface area (Å²) >= 11 is 0. The van der Waals surface area contributed by atoms with Crippen LogP contribution >= 0.6 is 0 Å². The molecule has 2 N–H and O–H groups in total. The van der Waals surface area contributed by atoms with Crippen LogP contribution in [0.5, 0.6) is 0 Å². The van der Waals surface area contributed by atoms with Crippen LogP contribution in [0.2, 0.25) is 0 Å². The number of rotatable bonds is 2. The summed E-state index contributed by atoms with van der Waals surface area (Å²) in [6.45, 7) is 3.55. The molecule has 22 heavy (non-hydrogen) atoms. The molecule has 0 spiro atoms. The number of aryl methyl sites for hydroxylation is 1. The van der Waals surface area contributed by atoms with Crippen molar-refractivity contribution >= 4 is 10.9 Å². The van der Waals surface area contributed by atoms with Gasteiger partial charge in [-0.2, -0.15) is 0 Å². The van der Waals surface area contributed by atoms with Crippen LogP contribution in [-0.4, -0.2) is 9.55 Å². The van der Waals surface area contributed by atoms with Gasteiger partial charge in [-0.25, -0.2) is 9.37 Å². The molecule has 1 aromatic heterocycles. The molecule has 4 nitrogen and oxygen atoms in total. The summed E-state index contributed by atoms with van der Waals surface area (Å²) in [4.78, 5) is 17.3. The lowest BCUT2D eigenvalue weighted by molar-refractivity contribution is 0.633. The van der Waals surface area contributed by atoms with Crippen LogP contribution in [0.4, 0.5) is 4.39 Å². The maximum Gasteiger partial charge on any atom is 0.269 e. The van der Waals surface area contributed by atoms with Crippen molar-refractivity contribution < 1.29 is 4.39 Å². The molecule has 1 heterocycles. The Bertz CT molecular complexity index is 901. The number of hydrogen-bond donors (Lipinski definition) is 1. The van der Waals surface area contributed by atoms with Crippen molar-refractivity contribution in [1.29, 1.82) is 0 Å². The van der Waals surface area contributed by atoms with E-state index in [1.54, 1.807) is 32.0 Å². The molecule has 0 fully saturated rings. The molecular formula is C17H16FN3O. The Labute approximate surface area is 127 Å². The Morgan fingerprint density at radius 2 is 1.86 bits per heavy atom. The molecule has 112 valence electrons. The average Bonchev–Trinajstić information content (AvgIpc) is 2.51. The van der Waals surface area contributed by atoms with Crippen LogP contribution < -0.4 is 11.3 Å². The number of halogens is 1. The van der Waals surface area contributed by atoms with Crippen molar-refractivity contribution in [2.75, 3.05) is 0 Å².